The van der Waals surface area contributed by atoms with Gasteiger partial charge in [0.15, 0.2) is 0 Å². The zero-order valence-corrected chi connectivity index (χ0v) is 7.94. The van der Waals surface area contributed by atoms with E-state index in [1.54, 1.807) is 6.42 Å². The van der Waals surface area contributed by atoms with Gasteiger partial charge in [0.05, 0.1) is 13.2 Å². The van der Waals surface area contributed by atoms with Crippen LogP contribution in [0.15, 0.2) is 12.0 Å². The first-order chi connectivity index (χ1) is 6.84. The number of ether oxygens (including phenoxy) is 3. The second kappa shape index (κ2) is 4.66. The SMILES string of the molecule is OC1=C[CH][C@@H](CO[C]2CCCCO2)O1. The van der Waals surface area contributed by atoms with Crippen molar-refractivity contribution in [3.05, 3.63) is 24.7 Å². The van der Waals surface area contributed by atoms with Gasteiger partial charge in [0.25, 0.3) is 5.95 Å². The predicted molar refractivity (Wildman–Crippen MR) is 48.9 cm³/mol. The van der Waals surface area contributed by atoms with Crippen molar-refractivity contribution in [2.75, 3.05) is 13.2 Å². The second-order valence-electron chi connectivity index (χ2n) is 3.34. The summed E-state index contributed by atoms with van der Waals surface area (Å²) in [4.78, 5) is 0. The molecular formula is C10H14O4. The van der Waals surface area contributed by atoms with E-state index in [9.17, 15) is 0 Å². The van der Waals surface area contributed by atoms with E-state index < -0.39 is 0 Å². The summed E-state index contributed by atoms with van der Waals surface area (Å²) in [7, 11) is 0. The summed E-state index contributed by atoms with van der Waals surface area (Å²) in [6, 6.07) is 0. The summed E-state index contributed by atoms with van der Waals surface area (Å²) in [5.74, 6) is -0.0480. The van der Waals surface area contributed by atoms with Crippen LogP contribution in [0.4, 0.5) is 0 Å². The molecule has 4 nitrogen and oxygen atoms in total. The molecule has 0 unspecified atom stereocenters. The average molecular weight is 198 g/mol. The Balaban J connectivity index is 1.62. The Labute approximate surface area is 83.5 Å². The highest BCUT2D eigenvalue weighted by Crippen LogP contribution is 2.22. The van der Waals surface area contributed by atoms with Crippen LogP contribution in [0.5, 0.6) is 0 Å². The van der Waals surface area contributed by atoms with Crippen LogP contribution in [-0.4, -0.2) is 24.4 Å². The van der Waals surface area contributed by atoms with Crippen LogP contribution >= 0.6 is 0 Å². The number of aliphatic hydroxyl groups excluding tert-OH is 1. The minimum Gasteiger partial charge on any atom is -0.481 e. The van der Waals surface area contributed by atoms with E-state index in [1.807, 2.05) is 0 Å². The summed E-state index contributed by atoms with van der Waals surface area (Å²) >= 11 is 0. The molecule has 0 spiro atoms. The van der Waals surface area contributed by atoms with Gasteiger partial charge in [-0.3, -0.25) is 0 Å². The van der Waals surface area contributed by atoms with Gasteiger partial charge in [0.1, 0.15) is 6.10 Å². The Morgan fingerprint density at radius 1 is 1.50 bits per heavy atom. The van der Waals surface area contributed by atoms with Crippen molar-refractivity contribution in [2.45, 2.75) is 25.4 Å². The molecule has 1 saturated heterocycles. The number of hydrogen-bond donors (Lipinski definition) is 1. The summed E-state index contributed by atoms with van der Waals surface area (Å²) in [5.41, 5.74) is 0. The average Bonchev–Trinajstić information content (AvgIpc) is 2.63. The zero-order chi connectivity index (χ0) is 9.80. The maximum atomic E-state index is 8.95. The maximum absolute atomic E-state index is 8.95. The van der Waals surface area contributed by atoms with Crippen molar-refractivity contribution in [1.82, 2.24) is 0 Å². The lowest BCUT2D eigenvalue weighted by Crippen LogP contribution is -2.21. The van der Waals surface area contributed by atoms with E-state index in [-0.39, 0.29) is 12.0 Å². The Kier molecular flexibility index (Phi) is 3.26. The summed E-state index contributed by atoms with van der Waals surface area (Å²) in [5, 5.41) is 8.95. The standard InChI is InChI=1S/C10H14O4/c11-9-5-4-8(14-9)7-13-10-3-1-2-6-12-10/h4-5,8,11H,1-3,6-7H2/t8-/m0/s1. The first-order valence-corrected chi connectivity index (χ1v) is 4.87. The van der Waals surface area contributed by atoms with E-state index in [0.29, 0.717) is 12.9 Å². The Hall–Kier alpha value is -0.740. The molecule has 1 N–H and O–H groups in total. The van der Waals surface area contributed by atoms with Gasteiger partial charge < -0.3 is 19.3 Å². The Morgan fingerprint density at radius 3 is 3.07 bits per heavy atom. The molecule has 2 heterocycles. The summed E-state index contributed by atoms with van der Waals surface area (Å²) in [6.07, 6.45) is 6.88. The van der Waals surface area contributed by atoms with Gasteiger partial charge in [0.2, 0.25) is 6.29 Å². The Bertz CT molecular complexity index is 206. The van der Waals surface area contributed by atoms with Gasteiger partial charge in [0, 0.05) is 18.9 Å². The molecule has 4 heteroatoms. The van der Waals surface area contributed by atoms with E-state index in [1.165, 1.54) is 6.08 Å². The number of aliphatic hydroxyl groups is 1. The highest BCUT2D eigenvalue weighted by atomic mass is 16.7. The van der Waals surface area contributed by atoms with Crippen molar-refractivity contribution in [1.29, 1.82) is 0 Å². The largest absolute Gasteiger partial charge is 0.481 e. The van der Waals surface area contributed by atoms with Crippen molar-refractivity contribution < 1.29 is 19.3 Å². The van der Waals surface area contributed by atoms with E-state index in [0.717, 1.165) is 25.9 Å². The molecule has 78 valence electrons. The van der Waals surface area contributed by atoms with Gasteiger partial charge in [-0.25, -0.2) is 0 Å². The molecule has 0 aromatic carbocycles. The molecule has 2 aliphatic rings. The van der Waals surface area contributed by atoms with Crippen LogP contribution in [0, 0.1) is 12.7 Å². The third kappa shape index (κ3) is 2.62. The molecule has 14 heavy (non-hydrogen) atoms. The third-order valence-corrected chi connectivity index (χ3v) is 2.17. The van der Waals surface area contributed by atoms with Crippen molar-refractivity contribution in [3.8, 4) is 0 Å². The first kappa shape index (κ1) is 9.80. The minimum absolute atomic E-state index is 0.0480. The van der Waals surface area contributed by atoms with E-state index in [4.69, 9.17) is 19.3 Å². The molecule has 2 aliphatic heterocycles. The first-order valence-electron chi connectivity index (χ1n) is 4.87. The highest BCUT2D eigenvalue weighted by Gasteiger charge is 2.22. The van der Waals surface area contributed by atoms with Gasteiger partial charge in [-0.2, -0.15) is 0 Å². The Morgan fingerprint density at radius 2 is 2.43 bits per heavy atom. The highest BCUT2D eigenvalue weighted by molar-refractivity contribution is 5.07. The van der Waals surface area contributed by atoms with E-state index in [2.05, 4.69) is 0 Å². The van der Waals surface area contributed by atoms with Gasteiger partial charge in [-0.05, 0) is 12.8 Å². The summed E-state index contributed by atoms with van der Waals surface area (Å²) < 4.78 is 15.7. The maximum Gasteiger partial charge on any atom is 0.273 e. The van der Waals surface area contributed by atoms with Crippen molar-refractivity contribution in [3.63, 3.8) is 0 Å². The molecule has 0 amide bonds. The lowest BCUT2D eigenvalue weighted by molar-refractivity contribution is -0.0918. The predicted octanol–water partition coefficient (Wildman–Crippen LogP) is 1.70. The quantitative estimate of drug-likeness (QED) is 0.749. The topological polar surface area (TPSA) is 47.9 Å². The molecule has 0 aromatic rings. The molecular weight excluding hydrogens is 184 g/mol. The van der Waals surface area contributed by atoms with Crippen LogP contribution in [0.1, 0.15) is 19.3 Å². The monoisotopic (exact) mass is 198 g/mol. The van der Waals surface area contributed by atoms with E-state index >= 15 is 0 Å². The van der Waals surface area contributed by atoms with Crippen LogP contribution in [0.25, 0.3) is 0 Å². The molecule has 0 aromatic heterocycles. The van der Waals surface area contributed by atoms with Gasteiger partial charge in [-0.15, -0.1) is 0 Å². The van der Waals surface area contributed by atoms with Crippen LogP contribution in [0.3, 0.4) is 0 Å². The normalized spacial score (nSPS) is 28.6. The molecule has 2 radical (unpaired) electrons. The fourth-order valence-electron chi connectivity index (χ4n) is 1.43. The van der Waals surface area contributed by atoms with Gasteiger partial charge >= 0.3 is 0 Å². The van der Waals surface area contributed by atoms with Crippen molar-refractivity contribution in [2.24, 2.45) is 0 Å². The summed E-state index contributed by atoms with van der Waals surface area (Å²) in [6.45, 7) is 1.14. The van der Waals surface area contributed by atoms with Crippen LogP contribution in [-0.2, 0) is 14.2 Å². The smallest absolute Gasteiger partial charge is 0.273 e. The minimum atomic E-state index is -0.187. The molecule has 1 fully saturated rings. The second-order valence-corrected chi connectivity index (χ2v) is 3.34. The molecule has 1 atom stereocenters. The molecule has 0 aliphatic carbocycles. The molecule has 0 bridgehead atoms. The molecule has 0 saturated carbocycles. The van der Waals surface area contributed by atoms with Crippen molar-refractivity contribution >= 4 is 0 Å². The fourth-order valence-corrected chi connectivity index (χ4v) is 1.43. The van der Waals surface area contributed by atoms with Crippen LogP contribution in [0.2, 0.25) is 0 Å². The van der Waals surface area contributed by atoms with Gasteiger partial charge in [-0.1, -0.05) is 0 Å². The third-order valence-electron chi connectivity index (χ3n) is 2.17. The molecule has 2 rings (SSSR count). The lowest BCUT2D eigenvalue weighted by Gasteiger charge is -2.22. The lowest BCUT2D eigenvalue weighted by atomic mass is 10.2. The number of hydrogen-bond acceptors (Lipinski definition) is 4. The fraction of sp³-hybridized carbons (Fsp3) is 0.600. The zero-order valence-electron chi connectivity index (χ0n) is 7.94. The van der Waals surface area contributed by atoms with Crippen LogP contribution < -0.4 is 0 Å². The number of rotatable bonds is 3.